The van der Waals surface area contributed by atoms with E-state index in [9.17, 15) is 4.39 Å². The average Bonchev–Trinajstić information content (AvgIpc) is 1.67. The quantitative estimate of drug-likeness (QED) is 0.0497. The van der Waals surface area contributed by atoms with Gasteiger partial charge in [0.2, 0.25) is 0 Å². The molecule has 12 aromatic heterocycles. The Kier molecular flexibility index (Phi) is 33.5. The summed E-state index contributed by atoms with van der Waals surface area (Å²) in [6, 6.07) is 72.1. The van der Waals surface area contributed by atoms with Gasteiger partial charge < -0.3 is 65.3 Å². The average molecular weight is 1980 g/mol. The lowest BCUT2D eigenvalue weighted by atomic mass is 10.1. The zero-order valence-corrected chi connectivity index (χ0v) is 85.9. The Morgan fingerprint density at radius 1 is 0.322 bits per heavy atom. The summed E-state index contributed by atoms with van der Waals surface area (Å²) < 4.78 is 38.7. The van der Waals surface area contributed by atoms with E-state index in [0.717, 1.165) is 207 Å². The van der Waals surface area contributed by atoms with E-state index in [0.29, 0.717) is 47.5 Å². The van der Waals surface area contributed by atoms with Crippen LogP contribution in [0.1, 0.15) is 171 Å². The number of rotatable bonds is 26. The fourth-order valence-corrected chi connectivity index (χ4v) is 21.6. The summed E-state index contributed by atoms with van der Waals surface area (Å²) in [6.45, 7) is 30.5. The maximum Gasteiger partial charge on any atom is 0.138 e. The topological polar surface area (TPSA) is 189 Å². The van der Waals surface area contributed by atoms with Crippen molar-refractivity contribution in [3.63, 3.8) is 0 Å². The predicted octanol–water partition coefficient (Wildman–Crippen LogP) is 23.6. The third kappa shape index (κ3) is 25.8. The number of ether oxygens (including phenoxy) is 2. The molecule has 6 fully saturated rings. The zero-order valence-electron chi connectivity index (χ0n) is 84.3. The van der Waals surface area contributed by atoms with Crippen molar-refractivity contribution in [2.75, 3.05) is 92.3 Å². The van der Waals surface area contributed by atoms with E-state index in [2.05, 4.69) is 261 Å². The van der Waals surface area contributed by atoms with Crippen LogP contribution in [0, 0.1) is 28.5 Å². The van der Waals surface area contributed by atoms with Crippen molar-refractivity contribution in [3.05, 3.63) is 324 Å². The number of halogens is 2. The van der Waals surface area contributed by atoms with Crippen LogP contribution in [0.5, 0.6) is 11.5 Å². The molecular formula is C119H136BrFN20O2. The number of hydrogen-bond donors (Lipinski definition) is 0. The molecule has 18 heterocycles. The first kappa shape index (κ1) is 100. The Labute approximate surface area is 850 Å². The number of pyridine rings is 6. The minimum absolute atomic E-state index is 0.194. The van der Waals surface area contributed by atoms with E-state index < -0.39 is 0 Å². The van der Waals surface area contributed by atoms with Crippen molar-refractivity contribution in [2.45, 2.75) is 200 Å². The molecule has 0 radical (unpaired) electrons. The van der Waals surface area contributed by atoms with Crippen molar-refractivity contribution >= 4 is 49.8 Å². The Morgan fingerprint density at radius 3 is 1.07 bits per heavy atom. The Balaban J connectivity index is 0.000000113. The van der Waals surface area contributed by atoms with E-state index in [1.54, 1.807) is 13.2 Å². The standard InChI is InChI=1S/C22H27N3O.2C21H22N4.C21H25N3O.C20H22FN3.C14H18BrN3/c1-3-26-21-8-4-7-18(14-21)19-9-12-25-16-20(23-22(25)15-19)10-13-24-11-5-6-17(24)2;1-16-4-3-10-24(16)11-9-20-15-25-14-19(7-8-21(25)23-20)18-6-2-5-17(12-18)13-22;1-16-3-2-10-24(16)12-9-20-15-25-11-8-19(13-21(25)23-20)18-6-4-17(14-22)5-7-18;1-16-6-5-12-23(16)13-11-18-15-24-14-17(9-10-21(24)22-18)19-7-3-4-8-20(19)25-2;1-15-5-4-11-23(15)12-10-17-14-24-13-16(8-9-20(24)22-17)18-6-2-3-7-19(18)21;1-11-3-2-6-17(11)8-5-13-10-18-7-4-12(15)9-14(18)16-13/h4,7-9,12,14-17H,3,5-6,10-11,13H2,1-2H3;2,5-8,12,14-16H,3-4,9-11H2,1H3;4-8,11,13,15-16H,2-3,9-10,12H2,1H3;3-4,7-10,14-16H,5-6,11-13H2,1-2H3;2-3,6-9,13-15H,4-5,10-12H2,1H3;4,7,9-11H,2-3,5-6,8H2,1H3/t17-;3*16-;15-;11-/m111111/s1. The number of methoxy groups -OCH3 is 1. The van der Waals surface area contributed by atoms with Crippen molar-refractivity contribution in [1.29, 1.82) is 10.5 Å². The molecule has 6 aliphatic heterocycles. The van der Waals surface area contributed by atoms with Gasteiger partial charge in [0.1, 0.15) is 51.2 Å². The molecule has 24 heteroatoms. The minimum Gasteiger partial charge on any atom is -0.496 e. The van der Waals surface area contributed by atoms with Gasteiger partial charge in [0.25, 0.3) is 0 Å². The van der Waals surface area contributed by atoms with Gasteiger partial charge in [-0.15, -0.1) is 0 Å². The molecule has 22 nitrogen and oxygen atoms in total. The number of likely N-dealkylation sites (tertiary alicyclic amines) is 6. The molecule has 0 saturated carbocycles. The molecule has 0 bridgehead atoms. The van der Waals surface area contributed by atoms with Gasteiger partial charge in [0.05, 0.1) is 71.1 Å². The largest absolute Gasteiger partial charge is 0.496 e. The number of fused-ring (bicyclic) bond motifs is 6. The fraction of sp³-hybridized carbons (Fsp3) is 0.378. The molecule has 5 aromatic carbocycles. The number of aromatic nitrogens is 12. The van der Waals surface area contributed by atoms with Crippen molar-refractivity contribution in [2.24, 2.45) is 0 Å². The van der Waals surface area contributed by atoms with Gasteiger partial charge in [-0.2, -0.15) is 10.5 Å². The monoisotopic (exact) mass is 1980 g/mol. The first-order chi connectivity index (χ1) is 69.8. The molecule has 23 rings (SSSR count). The highest BCUT2D eigenvalue weighted by atomic mass is 79.9. The number of para-hydroxylation sites is 1. The zero-order chi connectivity index (χ0) is 98.7. The first-order valence-corrected chi connectivity index (χ1v) is 52.7. The predicted molar refractivity (Wildman–Crippen MR) is 577 cm³/mol. The van der Waals surface area contributed by atoms with Crippen LogP contribution in [0.4, 0.5) is 4.39 Å². The van der Waals surface area contributed by atoms with Crippen LogP contribution in [0.15, 0.2) is 273 Å². The second kappa shape index (κ2) is 47.9. The number of nitriles is 2. The summed E-state index contributed by atoms with van der Waals surface area (Å²) in [5, 5.41) is 18.0. The SMILES string of the molecule is CCOc1cccc(-c2ccn3cc(CCN4CCC[C@H]4C)nc3c2)c1.COc1ccccc1-c1ccc2nc(CCN3CCC[C@H]3C)cn2c1.C[C@@H]1CCCN1CCc1cn2cc(-c3cccc(C#N)c3)ccc2n1.C[C@@H]1CCCN1CCc1cn2cc(-c3ccccc3F)ccc2n1.C[C@@H]1CCCN1CCc1cn2ccc(-c3ccc(C#N)cc3)cc2n1.C[C@@H]1CCCN1CCc1cn2ccc(Br)cc2n1. The number of benzene rings is 5. The van der Waals surface area contributed by atoms with Crippen LogP contribution >= 0.6 is 15.9 Å². The maximum atomic E-state index is 14.0. The third-order valence-corrected chi connectivity index (χ3v) is 30.3. The van der Waals surface area contributed by atoms with Gasteiger partial charge in [0, 0.05) is 215 Å². The lowest BCUT2D eigenvalue weighted by Crippen LogP contribution is -2.29. The smallest absolute Gasteiger partial charge is 0.138 e. The number of hydrogen-bond acceptors (Lipinski definition) is 16. The second-order valence-corrected chi connectivity index (χ2v) is 40.5. The van der Waals surface area contributed by atoms with Gasteiger partial charge in [0.15, 0.2) is 0 Å². The van der Waals surface area contributed by atoms with Crippen molar-refractivity contribution < 1.29 is 13.9 Å². The highest BCUT2D eigenvalue weighted by Gasteiger charge is 2.27. The second-order valence-electron chi connectivity index (χ2n) is 39.6. The molecule has 0 spiro atoms. The van der Waals surface area contributed by atoms with Gasteiger partial charge >= 0.3 is 0 Å². The summed E-state index contributed by atoms with van der Waals surface area (Å²) >= 11 is 3.48. The van der Waals surface area contributed by atoms with Crippen LogP contribution in [-0.4, -0.2) is 214 Å². The molecule has 0 aliphatic carbocycles. The summed E-state index contributed by atoms with van der Waals surface area (Å²) in [5.74, 6) is 1.61. The molecule has 17 aromatic rings. The summed E-state index contributed by atoms with van der Waals surface area (Å²) in [6.07, 6.45) is 47.1. The molecule has 738 valence electrons. The Morgan fingerprint density at radius 2 is 0.664 bits per heavy atom. The summed E-state index contributed by atoms with van der Waals surface area (Å²) in [7, 11) is 1.71. The number of nitrogens with zero attached hydrogens (tertiary/aromatic N) is 20. The lowest BCUT2D eigenvalue weighted by Gasteiger charge is -2.19. The van der Waals surface area contributed by atoms with Gasteiger partial charge in [-0.3, -0.25) is 0 Å². The Hall–Kier alpha value is -13.0. The normalized spacial score (nSPS) is 18.4. The van der Waals surface area contributed by atoms with E-state index in [-0.39, 0.29) is 5.82 Å². The molecule has 0 N–H and O–H groups in total. The fourth-order valence-electron chi connectivity index (χ4n) is 21.3. The van der Waals surface area contributed by atoms with Gasteiger partial charge in [-0.05, 0) is 319 Å². The molecule has 0 unspecified atom stereocenters. The van der Waals surface area contributed by atoms with E-state index in [1.165, 1.54) is 139 Å². The molecule has 143 heavy (non-hydrogen) atoms. The van der Waals surface area contributed by atoms with Crippen LogP contribution in [0.25, 0.3) is 89.5 Å². The van der Waals surface area contributed by atoms with E-state index in [4.69, 9.17) is 44.9 Å². The molecule has 0 amide bonds. The summed E-state index contributed by atoms with van der Waals surface area (Å²) in [5.41, 5.74) is 24.6. The first-order valence-electron chi connectivity index (χ1n) is 51.9. The number of imidazole rings is 6. The van der Waals surface area contributed by atoms with Crippen molar-refractivity contribution in [3.8, 4) is 79.3 Å². The molecule has 6 saturated heterocycles. The third-order valence-electron chi connectivity index (χ3n) is 29.8. The van der Waals surface area contributed by atoms with Crippen LogP contribution in [0.3, 0.4) is 0 Å². The Bertz CT molecular complexity index is 7200. The van der Waals surface area contributed by atoms with Gasteiger partial charge in [-0.1, -0.05) is 88.7 Å². The van der Waals surface area contributed by atoms with Crippen LogP contribution in [-0.2, 0) is 38.5 Å². The highest BCUT2D eigenvalue weighted by Crippen LogP contribution is 2.34. The minimum atomic E-state index is -0.194. The molecular weight excluding hydrogens is 1840 g/mol. The van der Waals surface area contributed by atoms with Crippen LogP contribution in [0.2, 0.25) is 0 Å². The maximum absolute atomic E-state index is 14.0. The lowest BCUT2D eigenvalue weighted by molar-refractivity contribution is 0.271. The van der Waals surface area contributed by atoms with Crippen LogP contribution < -0.4 is 9.47 Å². The van der Waals surface area contributed by atoms with E-state index >= 15 is 0 Å². The highest BCUT2D eigenvalue weighted by molar-refractivity contribution is 9.10. The molecule has 6 atom stereocenters. The van der Waals surface area contributed by atoms with Gasteiger partial charge in [-0.25, -0.2) is 34.3 Å². The molecule has 6 aliphatic rings. The van der Waals surface area contributed by atoms with E-state index in [1.807, 2.05) is 133 Å². The van der Waals surface area contributed by atoms with Crippen molar-refractivity contribution in [1.82, 2.24) is 85.7 Å². The summed E-state index contributed by atoms with van der Waals surface area (Å²) in [4.78, 5) is 43.9.